The third-order valence-corrected chi connectivity index (χ3v) is 4.12. The van der Waals surface area contributed by atoms with E-state index in [9.17, 15) is 4.39 Å². The fraction of sp³-hybridized carbons (Fsp3) is 0.333. The molecular weight excluding hydrogens is 329 g/mol. The lowest BCUT2D eigenvalue weighted by Crippen LogP contribution is -2.28. The lowest BCUT2D eigenvalue weighted by Gasteiger charge is -2.20. The highest BCUT2D eigenvalue weighted by Gasteiger charge is 2.13. The van der Waals surface area contributed by atoms with Crippen LogP contribution in [0.3, 0.4) is 0 Å². The number of halogens is 2. The van der Waals surface area contributed by atoms with Gasteiger partial charge in [0.15, 0.2) is 0 Å². The topological polar surface area (TPSA) is 12.0 Å². The average Bonchev–Trinajstić information content (AvgIpc) is 2.48. The minimum atomic E-state index is -0.213. The van der Waals surface area contributed by atoms with Crippen molar-refractivity contribution in [2.45, 2.75) is 32.2 Å². The quantitative estimate of drug-likeness (QED) is 0.780. The molecule has 0 heterocycles. The molecule has 0 aliphatic rings. The normalized spacial score (nSPS) is 12.6. The van der Waals surface area contributed by atoms with Crippen LogP contribution < -0.4 is 5.32 Å². The van der Waals surface area contributed by atoms with Gasteiger partial charge < -0.3 is 5.32 Å². The van der Waals surface area contributed by atoms with E-state index in [1.807, 2.05) is 18.2 Å². The summed E-state index contributed by atoms with van der Waals surface area (Å²) in [6, 6.07) is 16.2. The van der Waals surface area contributed by atoms with Crippen LogP contribution in [0.15, 0.2) is 53.0 Å². The number of benzene rings is 2. The second-order valence-electron chi connectivity index (χ2n) is 5.62. The van der Waals surface area contributed by atoms with Crippen molar-refractivity contribution in [3.63, 3.8) is 0 Å². The Morgan fingerprint density at radius 1 is 1.10 bits per heavy atom. The van der Waals surface area contributed by atoms with Crippen LogP contribution in [0.1, 0.15) is 30.9 Å². The van der Waals surface area contributed by atoms with E-state index in [1.165, 1.54) is 11.6 Å². The molecule has 0 amide bonds. The molecule has 0 radical (unpaired) electrons. The fourth-order valence-electron chi connectivity index (χ4n) is 2.36. The summed E-state index contributed by atoms with van der Waals surface area (Å²) in [6.45, 7) is 5.21. The van der Waals surface area contributed by atoms with Crippen LogP contribution in [0.5, 0.6) is 0 Å². The van der Waals surface area contributed by atoms with Crippen LogP contribution in [0.25, 0.3) is 0 Å². The van der Waals surface area contributed by atoms with Crippen molar-refractivity contribution in [1.82, 2.24) is 5.32 Å². The molecule has 0 aliphatic heterocycles. The first kappa shape index (κ1) is 16.2. The van der Waals surface area contributed by atoms with Crippen LogP contribution >= 0.6 is 15.9 Å². The molecule has 1 atom stereocenters. The van der Waals surface area contributed by atoms with E-state index >= 15 is 0 Å². The monoisotopic (exact) mass is 349 g/mol. The van der Waals surface area contributed by atoms with Gasteiger partial charge in [0.2, 0.25) is 0 Å². The predicted molar refractivity (Wildman–Crippen MR) is 90.1 cm³/mol. The smallest absolute Gasteiger partial charge is 0.137 e. The molecule has 0 bridgehead atoms. The van der Waals surface area contributed by atoms with Crippen LogP contribution in [0.4, 0.5) is 4.39 Å². The number of hydrogen-bond acceptors (Lipinski definition) is 1. The lowest BCUT2D eigenvalue weighted by molar-refractivity contribution is 0.526. The van der Waals surface area contributed by atoms with Gasteiger partial charge in [-0.25, -0.2) is 4.39 Å². The fourth-order valence-corrected chi connectivity index (χ4v) is 2.79. The Labute approximate surface area is 134 Å². The Kier molecular flexibility index (Phi) is 5.95. The zero-order chi connectivity index (χ0) is 15.2. The van der Waals surface area contributed by atoms with Crippen molar-refractivity contribution in [3.8, 4) is 0 Å². The Balaban J connectivity index is 2.17. The highest BCUT2D eigenvalue weighted by atomic mass is 79.9. The maximum absolute atomic E-state index is 13.4. The van der Waals surface area contributed by atoms with E-state index in [1.54, 1.807) is 0 Å². The molecule has 21 heavy (non-hydrogen) atoms. The van der Waals surface area contributed by atoms with Crippen LogP contribution in [0.2, 0.25) is 0 Å². The van der Waals surface area contributed by atoms with Gasteiger partial charge in [0.05, 0.1) is 4.47 Å². The standard InChI is InChI=1S/C18H21BrFN/c1-13(2)21-12-16(15-6-4-3-5-7-15)10-14-8-9-18(20)17(19)11-14/h3-9,11,13,16,21H,10,12H2,1-2H3. The molecule has 2 aromatic rings. The van der Waals surface area contributed by atoms with Gasteiger partial charge in [-0.1, -0.05) is 50.2 Å². The first-order valence-corrected chi connectivity index (χ1v) is 8.08. The Hall–Kier alpha value is -1.19. The van der Waals surface area contributed by atoms with Crippen LogP contribution in [0, 0.1) is 5.82 Å². The summed E-state index contributed by atoms with van der Waals surface area (Å²) in [5, 5.41) is 3.50. The zero-order valence-corrected chi connectivity index (χ0v) is 14.0. The predicted octanol–water partition coefficient (Wildman–Crippen LogP) is 4.91. The first-order chi connectivity index (χ1) is 10.1. The molecule has 1 unspecified atom stereocenters. The molecule has 3 heteroatoms. The summed E-state index contributed by atoms with van der Waals surface area (Å²) in [5.41, 5.74) is 2.45. The third-order valence-electron chi connectivity index (χ3n) is 3.51. The summed E-state index contributed by atoms with van der Waals surface area (Å²) in [5.74, 6) is 0.168. The van der Waals surface area contributed by atoms with Gasteiger partial charge >= 0.3 is 0 Å². The SMILES string of the molecule is CC(C)NCC(Cc1ccc(F)c(Br)c1)c1ccccc1. The van der Waals surface area contributed by atoms with Crippen molar-refractivity contribution in [2.24, 2.45) is 0 Å². The highest BCUT2D eigenvalue weighted by Crippen LogP contribution is 2.24. The number of hydrogen-bond donors (Lipinski definition) is 1. The van der Waals surface area contributed by atoms with Crippen molar-refractivity contribution < 1.29 is 4.39 Å². The van der Waals surface area contributed by atoms with E-state index in [-0.39, 0.29) is 5.82 Å². The molecule has 1 nitrogen and oxygen atoms in total. The molecule has 2 aromatic carbocycles. The molecule has 0 spiro atoms. The van der Waals surface area contributed by atoms with Gasteiger partial charge in [-0.2, -0.15) is 0 Å². The molecular formula is C18H21BrFN. The Morgan fingerprint density at radius 3 is 2.43 bits per heavy atom. The largest absolute Gasteiger partial charge is 0.314 e. The summed E-state index contributed by atoms with van der Waals surface area (Å²) in [7, 11) is 0. The van der Waals surface area contributed by atoms with Gasteiger partial charge in [0.1, 0.15) is 5.82 Å². The van der Waals surface area contributed by atoms with Gasteiger partial charge in [0.25, 0.3) is 0 Å². The molecule has 0 saturated carbocycles. The highest BCUT2D eigenvalue weighted by molar-refractivity contribution is 9.10. The minimum absolute atomic E-state index is 0.213. The van der Waals surface area contributed by atoms with Gasteiger partial charge in [0, 0.05) is 18.5 Å². The minimum Gasteiger partial charge on any atom is -0.314 e. The zero-order valence-electron chi connectivity index (χ0n) is 12.4. The van der Waals surface area contributed by atoms with Crippen LogP contribution in [-0.2, 0) is 6.42 Å². The molecule has 1 N–H and O–H groups in total. The van der Waals surface area contributed by atoms with Crippen LogP contribution in [-0.4, -0.2) is 12.6 Å². The maximum atomic E-state index is 13.4. The van der Waals surface area contributed by atoms with Crippen molar-refractivity contribution in [3.05, 3.63) is 69.9 Å². The van der Waals surface area contributed by atoms with E-state index in [0.717, 1.165) is 18.5 Å². The van der Waals surface area contributed by atoms with E-state index in [2.05, 4.69) is 59.4 Å². The van der Waals surface area contributed by atoms with Gasteiger partial charge in [-0.05, 0) is 45.6 Å². The molecule has 0 fully saturated rings. The molecule has 0 aliphatic carbocycles. The first-order valence-electron chi connectivity index (χ1n) is 7.28. The molecule has 2 rings (SSSR count). The summed E-state index contributed by atoms with van der Waals surface area (Å²) in [4.78, 5) is 0. The number of nitrogens with one attached hydrogen (secondary N) is 1. The number of rotatable bonds is 6. The van der Waals surface area contributed by atoms with Gasteiger partial charge in [-0.15, -0.1) is 0 Å². The van der Waals surface area contributed by atoms with Gasteiger partial charge in [-0.3, -0.25) is 0 Å². The summed E-state index contributed by atoms with van der Waals surface area (Å²) < 4.78 is 13.9. The van der Waals surface area contributed by atoms with E-state index in [4.69, 9.17) is 0 Å². The Morgan fingerprint density at radius 2 is 1.81 bits per heavy atom. The molecule has 0 aromatic heterocycles. The second kappa shape index (κ2) is 7.71. The van der Waals surface area contributed by atoms with Crippen molar-refractivity contribution >= 4 is 15.9 Å². The molecule has 112 valence electrons. The summed E-state index contributed by atoms with van der Waals surface area (Å²) in [6.07, 6.45) is 0.891. The third kappa shape index (κ3) is 4.94. The van der Waals surface area contributed by atoms with E-state index in [0.29, 0.717) is 16.4 Å². The van der Waals surface area contributed by atoms with Crippen molar-refractivity contribution in [2.75, 3.05) is 6.54 Å². The average molecular weight is 350 g/mol. The Bertz CT molecular complexity index is 569. The molecule has 0 saturated heterocycles. The summed E-state index contributed by atoms with van der Waals surface area (Å²) >= 11 is 3.26. The van der Waals surface area contributed by atoms with E-state index < -0.39 is 0 Å². The lowest BCUT2D eigenvalue weighted by atomic mass is 9.91. The second-order valence-corrected chi connectivity index (χ2v) is 6.48. The van der Waals surface area contributed by atoms with Crippen molar-refractivity contribution in [1.29, 1.82) is 0 Å². The maximum Gasteiger partial charge on any atom is 0.137 e.